The Morgan fingerprint density at radius 3 is 1.25 bits per heavy atom. The first-order valence-corrected chi connectivity index (χ1v) is 12.1. The standard InChI is InChI=1S/C28H36N2O2/c1-3-5-7-9-21-31-25-15-11-23(12-16-25)27-19-20-28(30-29-27)24-13-17-26(18-14-24)32-22-10-8-6-4-2/h11-20H,3-10,21-22H2,1-2H3. The Morgan fingerprint density at radius 2 is 0.906 bits per heavy atom. The van der Waals surface area contributed by atoms with Crippen molar-refractivity contribution in [2.45, 2.75) is 65.2 Å². The molecule has 0 aliphatic carbocycles. The van der Waals surface area contributed by atoms with E-state index in [1.54, 1.807) is 0 Å². The third-order valence-electron chi connectivity index (χ3n) is 5.50. The first kappa shape index (κ1) is 23.8. The molecule has 0 N–H and O–H groups in total. The normalized spacial score (nSPS) is 10.8. The minimum absolute atomic E-state index is 0.774. The van der Waals surface area contributed by atoms with Crippen molar-refractivity contribution in [2.75, 3.05) is 13.2 Å². The van der Waals surface area contributed by atoms with Crippen molar-refractivity contribution < 1.29 is 9.47 Å². The molecule has 1 aromatic heterocycles. The van der Waals surface area contributed by atoms with Gasteiger partial charge in [0.25, 0.3) is 0 Å². The van der Waals surface area contributed by atoms with E-state index in [1.807, 2.05) is 60.7 Å². The van der Waals surface area contributed by atoms with Gasteiger partial charge in [0, 0.05) is 11.1 Å². The molecular formula is C28H36N2O2. The van der Waals surface area contributed by atoms with Crippen LogP contribution in [0, 0.1) is 0 Å². The molecule has 4 nitrogen and oxygen atoms in total. The van der Waals surface area contributed by atoms with E-state index < -0.39 is 0 Å². The van der Waals surface area contributed by atoms with Gasteiger partial charge in [-0.15, -0.1) is 10.2 Å². The fraction of sp³-hybridized carbons (Fsp3) is 0.429. The fourth-order valence-corrected chi connectivity index (χ4v) is 3.52. The van der Waals surface area contributed by atoms with Gasteiger partial charge in [0.05, 0.1) is 24.6 Å². The van der Waals surface area contributed by atoms with Gasteiger partial charge >= 0.3 is 0 Å². The van der Waals surface area contributed by atoms with Crippen LogP contribution in [-0.4, -0.2) is 23.4 Å². The van der Waals surface area contributed by atoms with E-state index >= 15 is 0 Å². The monoisotopic (exact) mass is 432 g/mol. The fourth-order valence-electron chi connectivity index (χ4n) is 3.52. The highest BCUT2D eigenvalue weighted by atomic mass is 16.5. The smallest absolute Gasteiger partial charge is 0.119 e. The van der Waals surface area contributed by atoms with Crippen molar-refractivity contribution in [3.05, 3.63) is 60.7 Å². The van der Waals surface area contributed by atoms with Gasteiger partial charge in [-0.3, -0.25) is 0 Å². The largest absolute Gasteiger partial charge is 0.494 e. The Bertz CT molecular complexity index is 814. The molecule has 0 fully saturated rings. The van der Waals surface area contributed by atoms with E-state index in [4.69, 9.17) is 9.47 Å². The summed E-state index contributed by atoms with van der Waals surface area (Å²) in [7, 11) is 0. The zero-order valence-corrected chi connectivity index (χ0v) is 19.6. The minimum atomic E-state index is 0.774. The number of nitrogens with zero attached hydrogens (tertiary/aromatic N) is 2. The molecule has 0 spiro atoms. The maximum Gasteiger partial charge on any atom is 0.119 e. The van der Waals surface area contributed by atoms with E-state index in [1.165, 1.54) is 38.5 Å². The predicted octanol–water partition coefficient (Wildman–Crippen LogP) is 7.73. The molecule has 0 aliphatic heterocycles. The van der Waals surface area contributed by atoms with Crippen LogP contribution in [0.3, 0.4) is 0 Å². The van der Waals surface area contributed by atoms with Gasteiger partial charge in [-0.05, 0) is 73.5 Å². The lowest BCUT2D eigenvalue weighted by Gasteiger charge is -2.08. The molecule has 32 heavy (non-hydrogen) atoms. The van der Waals surface area contributed by atoms with Gasteiger partial charge in [-0.2, -0.15) is 0 Å². The molecule has 1 heterocycles. The molecule has 0 saturated heterocycles. The van der Waals surface area contributed by atoms with Crippen molar-refractivity contribution >= 4 is 0 Å². The molecular weight excluding hydrogens is 396 g/mol. The highest BCUT2D eigenvalue weighted by molar-refractivity contribution is 5.64. The second-order valence-corrected chi connectivity index (χ2v) is 8.17. The van der Waals surface area contributed by atoms with Crippen LogP contribution in [0.15, 0.2) is 60.7 Å². The maximum atomic E-state index is 5.83. The topological polar surface area (TPSA) is 44.2 Å². The molecule has 0 atom stereocenters. The Hall–Kier alpha value is -2.88. The zero-order valence-electron chi connectivity index (χ0n) is 19.6. The molecule has 0 saturated carbocycles. The lowest BCUT2D eigenvalue weighted by molar-refractivity contribution is 0.305. The summed E-state index contributed by atoms with van der Waals surface area (Å²) in [4.78, 5) is 0. The number of unbranched alkanes of at least 4 members (excludes halogenated alkanes) is 6. The van der Waals surface area contributed by atoms with Crippen LogP contribution in [-0.2, 0) is 0 Å². The number of aromatic nitrogens is 2. The van der Waals surface area contributed by atoms with E-state index in [0.29, 0.717) is 0 Å². The molecule has 3 rings (SSSR count). The first-order chi connectivity index (χ1) is 15.8. The van der Waals surface area contributed by atoms with Gasteiger partial charge in [-0.25, -0.2) is 0 Å². The molecule has 4 heteroatoms. The molecule has 0 unspecified atom stereocenters. The highest BCUT2D eigenvalue weighted by Crippen LogP contribution is 2.24. The van der Waals surface area contributed by atoms with Crippen molar-refractivity contribution in [3.63, 3.8) is 0 Å². The van der Waals surface area contributed by atoms with E-state index in [9.17, 15) is 0 Å². The summed E-state index contributed by atoms with van der Waals surface area (Å²) in [6.07, 6.45) is 9.70. The van der Waals surface area contributed by atoms with Crippen LogP contribution >= 0.6 is 0 Å². The number of ether oxygens (including phenoxy) is 2. The second kappa shape index (κ2) is 13.5. The van der Waals surface area contributed by atoms with Crippen molar-refractivity contribution in [1.82, 2.24) is 10.2 Å². The first-order valence-electron chi connectivity index (χ1n) is 12.1. The van der Waals surface area contributed by atoms with Gasteiger partial charge in [0.2, 0.25) is 0 Å². The van der Waals surface area contributed by atoms with E-state index in [2.05, 4.69) is 24.0 Å². The summed E-state index contributed by atoms with van der Waals surface area (Å²) in [6.45, 7) is 5.99. The lowest BCUT2D eigenvalue weighted by Crippen LogP contribution is -1.97. The van der Waals surface area contributed by atoms with Crippen LogP contribution in [0.25, 0.3) is 22.5 Å². The SMILES string of the molecule is CCCCCCOc1ccc(-c2ccc(-c3ccc(OCCCCCC)cc3)nn2)cc1. The van der Waals surface area contributed by atoms with Crippen molar-refractivity contribution in [3.8, 4) is 34.0 Å². The second-order valence-electron chi connectivity index (χ2n) is 8.17. The Balaban J connectivity index is 1.51. The molecule has 2 aromatic carbocycles. The third-order valence-corrected chi connectivity index (χ3v) is 5.50. The summed E-state index contributed by atoms with van der Waals surface area (Å²) >= 11 is 0. The number of hydrogen-bond donors (Lipinski definition) is 0. The van der Waals surface area contributed by atoms with Gasteiger partial charge in [-0.1, -0.05) is 52.4 Å². The Labute approximate surface area is 193 Å². The zero-order chi connectivity index (χ0) is 22.4. The Morgan fingerprint density at radius 1 is 0.500 bits per heavy atom. The minimum Gasteiger partial charge on any atom is -0.494 e. The molecule has 0 aliphatic rings. The Kier molecular flexibility index (Phi) is 10.0. The van der Waals surface area contributed by atoms with E-state index in [0.717, 1.165) is 60.1 Å². The molecule has 0 radical (unpaired) electrons. The summed E-state index contributed by atoms with van der Waals surface area (Å²) in [5, 5.41) is 8.86. The van der Waals surface area contributed by atoms with Crippen LogP contribution in [0.1, 0.15) is 65.2 Å². The van der Waals surface area contributed by atoms with Crippen molar-refractivity contribution in [1.29, 1.82) is 0 Å². The van der Waals surface area contributed by atoms with Gasteiger partial charge < -0.3 is 9.47 Å². The maximum absolute atomic E-state index is 5.83. The predicted molar refractivity (Wildman–Crippen MR) is 132 cm³/mol. The summed E-state index contributed by atoms with van der Waals surface area (Å²) in [5.74, 6) is 1.81. The quantitative estimate of drug-likeness (QED) is 0.244. The molecule has 0 amide bonds. The summed E-state index contributed by atoms with van der Waals surface area (Å²) < 4.78 is 11.7. The summed E-state index contributed by atoms with van der Waals surface area (Å²) in [6, 6.07) is 20.2. The van der Waals surface area contributed by atoms with Crippen molar-refractivity contribution in [2.24, 2.45) is 0 Å². The highest BCUT2D eigenvalue weighted by Gasteiger charge is 2.05. The van der Waals surface area contributed by atoms with Crippen LogP contribution in [0.4, 0.5) is 0 Å². The van der Waals surface area contributed by atoms with Gasteiger partial charge in [0.1, 0.15) is 11.5 Å². The average Bonchev–Trinajstić information content (AvgIpc) is 2.85. The van der Waals surface area contributed by atoms with Crippen LogP contribution < -0.4 is 9.47 Å². The van der Waals surface area contributed by atoms with E-state index in [-0.39, 0.29) is 0 Å². The lowest BCUT2D eigenvalue weighted by atomic mass is 10.1. The third kappa shape index (κ3) is 7.67. The molecule has 3 aromatic rings. The summed E-state index contributed by atoms with van der Waals surface area (Å²) in [5.41, 5.74) is 3.79. The number of benzene rings is 2. The molecule has 170 valence electrons. The number of hydrogen-bond acceptors (Lipinski definition) is 4. The molecule has 0 bridgehead atoms. The number of rotatable bonds is 14. The average molecular weight is 433 g/mol. The van der Waals surface area contributed by atoms with Crippen LogP contribution in [0.5, 0.6) is 11.5 Å². The van der Waals surface area contributed by atoms with Crippen LogP contribution in [0.2, 0.25) is 0 Å². The van der Waals surface area contributed by atoms with Gasteiger partial charge in [0.15, 0.2) is 0 Å².